The highest BCUT2D eigenvalue weighted by atomic mass is 32.2. The number of hydrogen-bond acceptors (Lipinski definition) is 5. The van der Waals surface area contributed by atoms with Crippen molar-refractivity contribution in [2.24, 2.45) is 0 Å². The number of hydrogen-bond donors (Lipinski definition) is 1. The van der Waals surface area contributed by atoms with Crippen molar-refractivity contribution < 1.29 is 13.2 Å². The van der Waals surface area contributed by atoms with E-state index in [4.69, 9.17) is 5.73 Å². The SMILES string of the molecule is CN(C)S(=O)(=O)c1ccc(C(=O)n2ccc(N)n2)cc1. The Kier molecular flexibility index (Phi) is 3.60. The molecule has 0 fully saturated rings. The summed E-state index contributed by atoms with van der Waals surface area (Å²) in [4.78, 5) is 12.2. The molecule has 0 aliphatic heterocycles. The Morgan fingerprint density at radius 2 is 1.80 bits per heavy atom. The number of benzene rings is 1. The molecular formula is C12H14N4O3S. The van der Waals surface area contributed by atoms with Crippen LogP contribution in [0.3, 0.4) is 0 Å². The molecule has 0 saturated carbocycles. The normalized spacial score (nSPS) is 11.8. The minimum absolute atomic E-state index is 0.124. The molecule has 1 heterocycles. The van der Waals surface area contributed by atoms with Crippen LogP contribution in [0.4, 0.5) is 5.82 Å². The van der Waals surface area contributed by atoms with E-state index in [-0.39, 0.29) is 16.6 Å². The fraction of sp³-hybridized carbons (Fsp3) is 0.167. The number of nitrogen functional groups attached to an aromatic ring is 1. The van der Waals surface area contributed by atoms with Crippen LogP contribution in [-0.2, 0) is 10.0 Å². The van der Waals surface area contributed by atoms with Gasteiger partial charge in [0.05, 0.1) is 4.90 Å². The minimum atomic E-state index is -3.50. The summed E-state index contributed by atoms with van der Waals surface area (Å²) < 4.78 is 26.0. The van der Waals surface area contributed by atoms with Crippen LogP contribution in [0.15, 0.2) is 41.4 Å². The van der Waals surface area contributed by atoms with Crippen molar-refractivity contribution in [3.05, 3.63) is 42.1 Å². The molecule has 1 aromatic heterocycles. The molecule has 7 nitrogen and oxygen atoms in total. The van der Waals surface area contributed by atoms with Crippen LogP contribution in [0, 0.1) is 0 Å². The van der Waals surface area contributed by atoms with Crippen LogP contribution < -0.4 is 5.73 Å². The van der Waals surface area contributed by atoms with Gasteiger partial charge < -0.3 is 5.73 Å². The van der Waals surface area contributed by atoms with Gasteiger partial charge in [0.15, 0.2) is 0 Å². The first-order valence-electron chi connectivity index (χ1n) is 5.71. The molecule has 0 radical (unpaired) electrons. The van der Waals surface area contributed by atoms with Gasteiger partial charge in [0, 0.05) is 31.9 Å². The number of aromatic nitrogens is 2. The van der Waals surface area contributed by atoms with Crippen LogP contribution in [0.25, 0.3) is 0 Å². The molecule has 0 bridgehead atoms. The number of sulfonamides is 1. The van der Waals surface area contributed by atoms with E-state index in [2.05, 4.69) is 5.10 Å². The number of carbonyl (C=O) groups is 1. The highest BCUT2D eigenvalue weighted by Crippen LogP contribution is 2.14. The molecule has 0 spiro atoms. The Morgan fingerprint density at radius 3 is 2.25 bits per heavy atom. The first-order chi connectivity index (χ1) is 9.32. The van der Waals surface area contributed by atoms with Crippen molar-refractivity contribution in [3.63, 3.8) is 0 Å². The molecule has 0 aliphatic rings. The van der Waals surface area contributed by atoms with Crippen LogP contribution >= 0.6 is 0 Å². The maximum absolute atomic E-state index is 12.0. The summed E-state index contributed by atoms with van der Waals surface area (Å²) in [6.07, 6.45) is 1.45. The Balaban J connectivity index is 2.32. The van der Waals surface area contributed by atoms with Crippen LogP contribution in [-0.4, -0.2) is 42.5 Å². The van der Waals surface area contributed by atoms with Gasteiger partial charge in [-0.25, -0.2) is 17.4 Å². The summed E-state index contributed by atoms with van der Waals surface area (Å²) in [5.41, 5.74) is 5.76. The van der Waals surface area contributed by atoms with Gasteiger partial charge in [0.2, 0.25) is 10.0 Å². The number of anilines is 1. The second-order valence-corrected chi connectivity index (χ2v) is 6.45. The third kappa shape index (κ3) is 2.56. The Morgan fingerprint density at radius 1 is 1.20 bits per heavy atom. The number of nitrogens with two attached hydrogens (primary N) is 1. The monoisotopic (exact) mass is 294 g/mol. The molecule has 2 aromatic rings. The van der Waals surface area contributed by atoms with Crippen molar-refractivity contribution in [3.8, 4) is 0 Å². The molecule has 1 aromatic carbocycles. The van der Waals surface area contributed by atoms with E-state index in [1.807, 2.05) is 0 Å². The molecule has 2 N–H and O–H groups in total. The lowest BCUT2D eigenvalue weighted by molar-refractivity contribution is 0.0945. The van der Waals surface area contributed by atoms with E-state index in [1.165, 1.54) is 50.6 Å². The van der Waals surface area contributed by atoms with Crippen molar-refractivity contribution in [1.29, 1.82) is 0 Å². The summed E-state index contributed by atoms with van der Waals surface area (Å²) >= 11 is 0. The fourth-order valence-corrected chi connectivity index (χ4v) is 2.47. The third-order valence-corrected chi connectivity index (χ3v) is 4.53. The Hall–Kier alpha value is -2.19. The lowest BCUT2D eigenvalue weighted by Gasteiger charge is -2.11. The van der Waals surface area contributed by atoms with Gasteiger partial charge in [-0.15, -0.1) is 5.10 Å². The van der Waals surface area contributed by atoms with Gasteiger partial charge in [-0.2, -0.15) is 0 Å². The topological polar surface area (TPSA) is 98.3 Å². The standard InChI is InChI=1S/C12H14N4O3S/c1-15(2)20(18,19)10-5-3-9(4-6-10)12(17)16-8-7-11(13)14-16/h3-8H,1-2H3,(H2,13,14). The Labute approximate surface area is 116 Å². The average Bonchev–Trinajstić information content (AvgIpc) is 2.84. The second kappa shape index (κ2) is 5.06. The minimum Gasteiger partial charge on any atom is -0.382 e. The summed E-state index contributed by atoms with van der Waals surface area (Å²) in [6, 6.07) is 7.15. The lowest BCUT2D eigenvalue weighted by Crippen LogP contribution is -2.22. The quantitative estimate of drug-likeness (QED) is 0.883. The van der Waals surface area contributed by atoms with E-state index in [1.54, 1.807) is 0 Å². The number of nitrogens with zero attached hydrogens (tertiary/aromatic N) is 3. The van der Waals surface area contributed by atoms with Crippen molar-refractivity contribution in [2.75, 3.05) is 19.8 Å². The van der Waals surface area contributed by atoms with Gasteiger partial charge in [-0.3, -0.25) is 4.79 Å². The largest absolute Gasteiger partial charge is 0.382 e. The van der Waals surface area contributed by atoms with Crippen LogP contribution in [0.1, 0.15) is 10.4 Å². The third-order valence-electron chi connectivity index (χ3n) is 2.70. The molecule has 0 saturated heterocycles. The predicted molar refractivity (Wildman–Crippen MR) is 73.7 cm³/mol. The van der Waals surface area contributed by atoms with E-state index in [0.29, 0.717) is 5.56 Å². The van der Waals surface area contributed by atoms with Gasteiger partial charge in [0.1, 0.15) is 5.82 Å². The molecule has 0 amide bonds. The first-order valence-corrected chi connectivity index (χ1v) is 7.15. The van der Waals surface area contributed by atoms with E-state index in [0.717, 1.165) is 8.99 Å². The lowest BCUT2D eigenvalue weighted by atomic mass is 10.2. The summed E-state index contributed by atoms with van der Waals surface area (Å²) in [5, 5.41) is 3.80. The van der Waals surface area contributed by atoms with E-state index in [9.17, 15) is 13.2 Å². The maximum atomic E-state index is 12.0. The van der Waals surface area contributed by atoms with Gasteiger partial charge >= 0.3 is 0 Å². The van der Waals surface area contributed by atoms with E-state index < -0.39 is 10.0 Å². The predicted octanol–water partition coefficient (Wildman–Crippen LogP) is 0.404. The first kappa shape index (κ1) is 14.2. The maximum Gasteiger partial charge on any atom is 0.278 e. The molecule has 2 rings (SSSR count). The second-order valence-electron chi connectivity index (χ2n) is 4.30. The highest BCUT2D eigenvalue weighted by molar-refractivity contribution is 7.89. The van der Waals surface area contributed by atoms with Crippen LogP contribution in [0.5, 0.6) is 0 Å². The molecule has 106 valence electrons. The zero-order valence-electron chi connectivity index (χ0n) is 11.0. The van der Waals surface area contributed by atoms with Crippen molar-refractivity contribution >= 4 is 21.7 Å². The highest BCUT2D eigenvalue weighted by Gasteiger charge is 2.18. The summed E-state index contributed by atoms with van der Waals surface area (Å²) in [6.45, 7) is 0. The van der Waals surface area contributed by atoms with Crippen molar-refractivity contribution in [2.45, 2.75) is 4.90 Å². The molecule has 0 aliphatic carbocycles. The smallest absolute Gasteiger partial charge is 0.278 e. The van der Waals surface area contributed by atoms with Crippen LogP contribution in [0.2, 0.25) is 0 Å². The molecule has 0 unspecified atom stereocenters. The Bertz CT molecular complexity index is 732. The van der Waals surface area contributed by atoms with Gasteiger partial charge in [-0.1, -0.05) is 0 Å². The molecule has 8 heteroatoms. The van der Waals surface area contributed by atoms with Gasteiger partial charge in [-0.05, 0) is 24.3 Å². The number of carbonyl (C=O) groups excluding carboxylic acids is 1. The average molecular weight is 294 g/mol. The molecule has 0 atom stereocenters. The summed E-state index contributed by atoms with van der Waals surface area (Å²) in [7, 11) is -0.610. The fourth-order valence-electron chi connectivity index (χ4n) is 1.56. The number of rotatable bonds is 3. The molecule has 20 heavy (non-hydrogen) atoms. The van der Waals surface area contributed by atoms with Gasteiger partial charge in [0.25, 0.3) is 5.91 Å². The summed E-state index contributed by atoms with van der Waals surface area (Å²) in [5.74, 6) is -0.138. The molecular weight excluding hydrogens is 280 g/mol. The zero-order chi connectivity index (χ0) is 14.9. The van der Waals surface area contributed by atoms with E-state index >= 15 is 0 Å². The van der Waals surface area contributed by atoms with Crippen molar-refractivity contribution in [1.82, 2.24) is 14.1 Å². The zero-order valence-corrected chi connectivity index (χ0v) is 11.8.